The van der Waals surface area contributed by atoms with Crippen LogP contribution in [0.5, 0.6) is 5.75 Å². The fourth-order valence-electron chi connectivity index (χ4n) is 4.22. The van der Waals surface area contributed by atoms with Gasteiger partial charge in [0.05, 0.1) is 18.5 Å². The lowest BCUT2D eigenvalue weighted by molar-refractivity contribution is 0.242. The second kappa shape index (κ2) is 11.1. The topological polar surface area (TPSA) is 84.7 Å². The Kier molecular flexibility index (Phi) is 7.91. The summed E-state index contributed by atoms with van der Waals surface area (Å²) >= 11 is 6.98. The fourth-order valence-corrected chi connectivity index (χ4v) is 7.25. The van der Waals surface area contributed by atoms with Crippen LogP contribution in [0.25, 0.3) is 5.69 Å². The molecule has 2 aromatic carbocycles. The van der Waals surface area contributed by atoms with E-state index in [0.29, 0.717) is 36.1 Å². The number of halogens is 3. The van der Waals surface area contributed by atoms with Gasteiger partial charge in [0.1, 0.15) is 22.4 Å². The third kappa shape index (κ3) is 6.56. The van der Waals surface area contributed by atoms with Gasteiger partial charge in [0, 0.05) is 47.6 Å². The van der Waals surface area contributed by atoms with Gasteiger partial charge in [-0.15, -0.1) is 11.8 Å². The Hall–Kier alpha value is -2.67. The van der Waals surface area contributed by atoms with E-state index in [9.17, 15) is 22.0 Å². The summed E-state index contributed by atoms with van der Waals surface area (Å²) in [6, 6.07) is 9.75. The zero-order valence-electron chi connectivity index (χ0n) is 21.1. The van der Waals surface area contributed by atoms with Crippen molar-refractivity contribution in [3.8, 4) is 11.4 Å². The first kappa shape index (κ1) is 27.9. The number of hydrogen-bond acceptors (Lipinski definition) is 7. The van der Waals surface area contributed by atoms with Crippen LogP contribution in [0.15, 0.2) is 58.4 Å². The lowest BCUT2D eigenvalue weighted by Gasteiger charge is -2.35. The molecule has 1 saturated carbocycles. The van der Waals surface area contributed by atoms with Crippen LogP contribution in [0.3, 0.4) is 0 Å². The van der Waals surface area contributed by atoms with Crippen LogP contribution >= 0.6 is 23.4 Å². The summed E-state index contributed by atoms with van der Waals surface area (Å²) in [5.41, 5.74) is 0.619. The summed E-state index contributed by atoms with van der Waals surface area (Å²) in [5, 5.41) is 4.48. The van der Waals surface area contributed by atoms with Gasteiger partial charge in [0.25, 0.3) is 0 Å². The molecule has 3 aromatic rings. The first-order chi connectivity index (χ1) is 18.5. The van der Waals surface area contributed by atoms with E-state index in [1.165, 1.54) is 8.99 Å². The summed E-state index contributed by atoms with van der Waals surface area (Å²) in [6.45, 7) is 3.47. The number of benzene rings is 2. The summed E-state index contributed by atoms with van der Waals surface area (Å²) in [4.78, 5) is 15.6. The maximum atomic E-state index is 13.5. The molecule has 208 valence electrons. The predicted molar refractivity (Wildman–Crippen MR) is 147 cm³/mol. The maximum absolute atomic E-state index is 13.5. The molecule has 1 aliphatic carbocycles. The minimum absolute atomic E-state index is 0.0306. The van der Waals surface area contributed by atoms with Gasteiger partial charge in [-0.25, -0.2) is 17.2 Å². The molecule has 0 unspecified atom stereocenters. The number of rotatable bonds is 9. The van der Waals surface area contributed by atoms with E-state index in [4.69, 9.17) is 16.3 Å². The molecule has 0 bridgehead atoms. The van der Waals surface area contributed by atoms with Gasteiger partial charge in [-0.05, 0) is 43.2 Å². The van der Waals surface area contributed by atoms with Crippen molar-refractivity contribution in [2.45, 2.75) is 24.7 Å². The van der Waals surface area contributed by atoms with Crippen LogP contribution in [-0.4, -0.2) is 60.4 Å². The van der Waals surface area contributed by atoms with Crippen LogP contribution in [-0.2, 0) is 10.0 Å². The number of hydrogen-bond donors (Lipinski definition) is 0. The number of aromatic nitrogens is 2. The number of sulfonamides is 1. The molecule has 13 heteroatoms. The van der Waals surface area contributed by atoms with Crippen molar-refractivity contribution in [2.24, 2.45) is 5.41 Å². The molecule has 0 amide bonds. The molecular weight excluding hydrogens is 570 g/mol. The van der Waals surface area contributed by atoms with Crippen LogP contribution in [0.4, 0.5) is 14.5 Å². The number of ether oxygens (including phenoxy) is 1. The van der Waals surface area contributed by atoms with Gasteiger partial charge in [-0.1, -0.05) is 24.6 Å². The van der Waals surface area contributed by atoms with Gasteiger partial charge in [-0.3, -0.25) is 4.79 Å². The fraction of sp³-hybridized carbons (Fsp3) is 0.385. The summed E-state index contributed by atoms with van der Waals surface area (Å²) in [5.74, 6) is -1.36. The molecule has 5 rings (SSSR count). The Bertz CT molecular complexity index is 1520. The average molecular weight is 597 g/mol. The van der Waals surface area contributed by atoms with Gasteiger partial charge in [0.15, 0.2) is 0 Å². The van der Waals surface area contributed by atoms with Crippen molar-refractivity contribution in [2.75, 3.05) is 42.8 Å². The number of nitrogens with zero attached hydrogens (tertiary/aromatic N) is 4. The monoisotopic (exact) mass is 596 g/mol. The third-order valence-corrected chi connectivity index (χ3v) is 10.4. The lowest BCUT2D eigenvalue weighted by Crippen LogP contribution is -2.49. The number of thioether (sulfide) groups is 1. The van der Waals surface area contributed by atoms with E-state index in [0.717, 1.165) is 42.8 Å². The highest BCUT2D eigenvalue weighted by atomic mass is 35.5. The van der Waals surface area contributed by atoms with E-state index in [-0.39, 0.29) is 34.2 Å². The average Bonchev–Trinajstić information content (AvgIpc) is 3.63. The highest BCUT2D eigenvalue weighted by Crippen LogP contribution is 2.45. The summed E-state index contributed by atoms with van der Waals surface area (Å²) in [6.07, 6.45) is 3.60. The second-order valence-corrected chi connectivity index (χ2v) is 13.8. The van der Waals surface area contributed by atoms with Gasteiger partial charge in [-0.2, -0.15) is 14.1 Å². The first-order valence-electron chi connectivity index (χ1n) is 12.4. The van der Waals surface area contributed by atoms with Crippen LogP contribution in [0, 0.1) is 17.0 Å². The minimum atomic E-state index is -3.70. The largest absolute Gasteiger partial charge is 0.486 e. The zero-order chi connectivity index (χ0) is 27.8. The molecule has 0 N–H and O–H groups in total. The molecule has 8 nitrogen and oxygen atoms in total. The SMILES string of the molecule is CC1(COc2c(N3CCN(S(=O)(=O)CSc4cc(F)cc(F)c4)CC3)cnn(-c3cccc(Cl)c3)c2=O)CC1. The lowest BCUT2D eigenvalue weighted by atomic mass is 10.2. The Morgan fingerprint density at radius 1 is 1.08 bits per heavy atom. The molecule has 0 atom stereocenters. The molecule has 2 heterocycles. The predicted octanol–water partition coefficient (Wildman–Crippen LogP) is 4.54. The van der Waals surface area contributed by atoms with Crippen LogP contribution in [0.1, 0.15) is 19.8 Å². The van der Waals surface area contributed by atoms with E-state index in [1.54, 1.807) is 30.5 Å². The molecule has 1 aliphatic heterocycles. The van der Waals surface area contributed by atoms with Crippen molar-refractivity contribution < 1.29 is 21.9 Å². The Morgan fingerprint density at radius 2 is 1.77 bits per heavy atom. The standard InChI is InChI=1S/C26H27ClF2N4O4S2/c1-26(5-6-26)16-37-24-23(15-30-33(25(24)34)21-4-2-3-18(27)11-21)31-7-9-32(10-8-31)39(35,36)17-38-22-13-19(28)12-20(29)14-22/h2-4,11-15H,5-10,16-17H2,1H3. The van der Waals surface area contributed by atoms with E-state index in [1.807, 2.05) is 4.90 Å². The highest BCUT2D eigenvalue weighted by Gasteiger charge is 2.39. The van der Waals surface area contributed by atoms with E-state index >= 15 is 0 Å². The normalized spacial score (nSPS) is 17.3. The molecule has 0 spiro atoms. The minimum Gasteiger partial charge on any atom is -0.486 e. The van der Waals surface area contributed by atoms with Crippen molar-refractivity contribution in [3.63, 3.8) is 0 Å². The first-order valence-corrected chi connectivity index (χ1v) is 15.3. The van der Waals surface area contributed by atoms with E-state index in [2.05, 4.69) is 12.0 Å². The van der Waals surface area contributed by atoms with Crippen molar-refractivity contribution in [3.05, 3.63) is 75.7 Å². The molecular formula is C26H27ClF2N4O4S2. The smallest absolute Gasteiger partial charge is 0.316 e. The van der Waals surface area contributed by atoms with E-state index < -0.39 is 27.2 Å². The van der Waals surface area contributed by atoms with Crippen molar-refractivity contribution in [1.29, 1.82) is 0 Å². The van der Waals surface area contributed by atoms with Crippen LogP contribution in [0.2, 0.25) is 5.02 Å². The Labute approximate surface area is 234 Å². The van der Waals surface area contributed by atoms with Crippen molar-refractivity contribution in [1.82, 2.24) is 14.1 Å². The zero-order valence-corrected chi connectivity index (χ0v) is 23.5. The quantitative estimate of drug-likeness (QED) is 0.335. The third-order valence-electron chi connectivity index (χ3n) is 6.82. The highest BCUT2D eigenvalue weighted by molar-refractivity contribution is 8.11. The second-order valence-electron chi connectivity index (χ2n) is 10.0. The van der Waals surface area contributed by atoms with Crippen LogP contribution < -0.4 is 15.2 Å². The maximum Gasteiger partial charge on any atom is 0.316 e. The van der Waals surface area contributed by atoms with Gasteiger partial charge < -0.3 is 9.64 Å². The molecule has 0 radical (unpaired) electrons. The summed E-state index contributed by atoms with van der Waals surface area (Å²) < 4.78 is 61.5. The van der Waals surface area contributed by atoms with Gasteiger partial charge in [0.2, 0.25) is 15.8 Å². The molecule has 1 saturated heterocycles. The Balaban J connectivity index is 1.32. The number of anilines is 1. The summed E-state index contributed by atoms with van der Waals surface area (Å²) in [7, 11) is -3.70. The molecule has 39 heavy (non-hydrogen) atoms. The van der Waals surface area contributed by atoms with Gasteiger partial charge >= 0.3 is 5.56 Å². The number of piperazine rings is 1. The van der Waals surface area contributed by atoms with Crippen molar-refractivity contribution >= 4 is 39.1 Å². The molecule has 2 aliphatic rings. The Morgan fingerprint density at radius 3 is 2.41 bits per heavy atom. The molecule has 2 fully saturated rings. The molecule has 1 aromatic heterocycles.